The number of methoxy groups -OCH3 is 1. The van der Waals surface area contributed by atoms with Gasteiger partial charge in [-0.2, -0.15) is 0 Å². The lowest BCUT2D eigenvalue weighted by Gasteiger charge is -2.30. The quantitative estimate of drug-likeness (QED) is 0.569. The van der Waals surface area contributed by atoms with Crippen LogP contribution in [0.5, 0.6) is 11.5 Å². The molecule has 136 valence electrons. The SMILES string of the molecule is CCCOc1ccc([C@H]2NC(=S)NC(C)=C2C(=O)OCC)cc1OC. The highest BCUT2D eigenvalue weighted by Crippen LogP contribution is 2.34. The van der Waals surface area contributed by atoms with Crippen LogP contribution in [0.1, 0.15) is 38.8 Å². The summed E-state index contributed by atoms with van der Waals surface area (Å²) >= 11 is 5.24. The monoisotopic (exact) mass is 364 g/mol. The van der Waals surface area contributed by atoms with Crippen LogP contribution in [0.4, 0.5) is 0 Å². The minimum absolute atomic E-state index is 0.305. The second-order valence-corrected chi connectivity index (χ2v) is 5.96. The van der Waals surface area contributed by atoms with Crippen LogP contribution in [0.25, 0.3) is 0 Å². The lowest BCUT2D eigenvalue weighted by molar-refractivity contribution is -0.139. The predicted octanol–water partition coefficient (Wildman–Crippen LogP) is 2.84. The molecule has 0 unspecified atom stereocenters. The van der Waals surface area contributed by atoms with E-state index in [1.165, 1.54) is 0 Å². The second kappa shape index (κ2) is 8.71. The number of nitrogens with one attached hydrogen (secondary N) is 2. The standard InChI is InChI=1S/C18H24N2O4S/c1-5-9-24-13-8-7-12(10-14(13)22-4)16-15(17(21)23-6-2)11(3)19-18(25)20-16/h7-8,10,16H,5-6,9H2,1-4H3,(H2,19,20,25)/t16-/m1/s1. The Balaban J connectivity index is 2.41. The van der Waals surface area contributed by atoms with Gasteiger partial charge in [-0.15, -0.1) is 0 Å². The van der Waals surface area contributed by atoms with Crippen LogP contribution in [0.3, 0.4) is 0 Å². The number of hydrogen-bond acceptors (Lipinski definition) is 5. The third-order valence-corrected chi connectivity index (χ3v) is 3.97. The molecule has 1 heterocycles. The first kappa shape index (κ1) is 19.1. The molecule has 0 saturated carbocycles. The van der Waals surface area contributed by atoms with Gasteiger partial charge in [0.15, 0.2) is 16.6 Å². The zero-order chi connectivity index (χ0) is 18.4. The number of allylic oxidation sites excluding steroid dienone is 1. The number of thiocarbonyl (C=S) groups is 1. The van der Waals surface area contributed by atoms with Crippen molar-refractivity contribution in [1.82, 2.24) is 10.6 Å². The first-order chi connectivity index (χ1) is 12.0. The lowest BCUT2D eigenvalue weighted by Crippen LogP contribution is -2.45. The minimum Gasteiger partial charge on any atom is -0.493 e. The van der Waals surface area contributed by atoms with Gasteiger partial charge in [-0.05, 0) is 50.2 Å². The summed E-state index contributed by atoms with van der Waals surface area (Å²) in [7, 11) is 1.59. The van der Waals surface area contributed by atoms with Gasteiger partial charge < -0.3 is 24.8 Å². The Morgan fingerprint density at radius 1 is 1.28 bits per heavy atom. The number of ether oxygens (including phenoxy) is 3. The Kier molecular flexibility index (Phi) is 6.64. The van der Waals surface area contributed by atoms with E-state index in [0.717, 1.165) is 12.0 Å². The highest BCUT2D eigenvalue weighted by molar-refractivity contribution is 7.80. The average Bonchev–Trinajstić information content (AvgIpc) is 2.59. The van der Waals surface area contributed by atoms with E-state index < -0.39 is 6.04 Å². The highest BCUT2D eigenvalue weighted by Gasteiger charge is 2.31. The molecule has 0 saturated heterocycles. The summed E-state index contributed by atoms with van der Waals surface area (Å²) < 4.78 is 16.3. The molecule has 0 amide bonds. The Morgan fingerprint density at radius 2 is 2.04 bits per heavy atom. The van der Waals surface area contributed by atoms with Gasteiger partial charge in [0.1, 0.15) is 0 Å². The molecule has 1 aliphatic heterocycles. The molecular weight excluding hydrogens is 340 g/mol. The van der Waals surface area contributed by atoms with Crippen LogP contribution in [0.2, 0.25) is 0 Å². The largest absolute Gasteiger partial charge is 0.493 e. The van der Waals surface area contributed by atoms with Gasteiger partial charge in [-0.1, -0.05) is 13.0 Å². The number of carbonyl (C=O) groups excluding carboxylic acids is 1. The normalized spacial score (nSPS) is 16.8. The van der Waals surface area contributed by atoms with Crippen LogP contribution in [0.15, 0.2) is 29.5 Å². The summed E-state index contributed by atoms with van der Waals surface area (Å²) in [6.07, 6.45) is 0.907. The molecule has 1 aromatic carbocycles. The summed E-state index contributed by atoms with van der Waals surface area (Å²) in [4.78, 5) is 12.4. The molecule has 0 fully saturated rings. The van der Waals surface area contributed by atoms with Crippen molar-refractivity contribution < 1.29 is 19.0 Å². The van der Waals surface area contributed by atoms with Crippen molar-refractivity contribution in [3.63, 3.8) is 0 Å². The topological polar surface area (TPSA) is 68.8 Å². The molecule has 7 heteroatoms. The maximum Gasteiger partial charge on any atom is 0.338 e. The maximum absolute atomic E-state index is 12.4. The smallest absolute Gasteiger partial charge is 0.338 e. The van der Waals surface area contributed by atoms with Gasteiger partial charge >= 0.3 is 5.97 Å². The summed E-state index contributed by atoms with van der Waals surface area (Å²) in [6, 6.07) is 5.17. The fourth-order valence-corrected chi connectivity index (χ4v) is 2.89. The molecule has 0 spiro atoms. The molecule has 0 aliphatic carbocycles. The van der Waals surface area contributed by atoms with Gasteiger partial charge in [0.05, 0.1) is 31.9 Å². The molecule has 6 nitrogen and oxygen atoms in total. The predicted molar refractivity (Wildman–Crippen MR) is 99.7 cm³/mol. The fraction of sp³-hybridized carbons (Fsp3) is 0.444. The van der Waals surface area contributed by atoms with Crippen LogP contribution in [0, 0.1) is 0 Å². The molecule has 0 aromatic heterocycles. The Bertz CT molecular complexity index is 688. The van der Waals surface area contributed by atoms with E-state index in [2.05, 4.69) is 10.6 Å². The van der Waals surface area contributed by atoms with E-state index in [-0.39, 0.29) is 5.97 Å². The number of carbonyl (C=O) groups is 1. The van der Waals surface area contributed by atoms with Crippen molar-refractivity contribution in [2.45, 2.75) is 33.2 Å². The van der Waals surface area contributed by atoms with Crippen LogP contribution >= 0.6 is 12.2 Å². The molecule has 1 atom stereocenters. The van der Waals surface area contributed by atoms with Crippen LogP contribution in [-0.2, 0) is 9.53 Å². The number of hydrogen-bond donors (Lipinski definition) is 2. The number of esters is 1. The van der Waals surface area contributed by atoms with Gasteiger partial charge in [-0.25, -0.2) is 4.79 Å². The zero-order valence-corrected chi connectivity index (χ0v) is 15.8. The minimum atomic E-state index is -0.415. The number of benzene rings is 1. The van der Waals surface area contributed by atoms with Crippen LogP contribution in [-0.4, -0.2) is 31.4 Å². The first-order valence-corrected chi connectivity index (χ1v) is 8.68. The van der Waals surface area contributed by atoms with Gasteiger partial charge in [-0.3, -0.25) is 0 Å². The fourth-order valence-electron chi connectivity index (χ4n) is 2.62. The molecule has 2 rings (SSSR count). The maximum atomic E-state index is 12.4. The average molecular weight is 364 g/mol. The van der Waals surface area contributed by atoms with E-state index in [4.69, 9.17) is 26.4 Å². The van der Waals surface area contributed by atoms with Gasteiger partial charge in [0, 0.05) is 5.70 Å². The summed E-state index contributed by atoms with van der Waals surface area (Å²) in [6.45, 7) is 6.54. The molecule has 2 N–H and O–H groups in total. The van der Waals surface area contributed by atoms with E-state index in [0.29, 0.717) is 41.1 Å². The van der Waals surface area contributed by atoms with Gasteiger partial charge in [0.2, 0.25) is 0 Å². The number of rotatable bonds is 7. The Hall–Kier alpha value is -2.28. The second-order valence-electron chi connectivity index (χ2n) is 5.55. The molecular formula is C18H24N2O4S. The van der Waals surface area contributed by atoms with Crippen molar-refractivity contribution in [3.8, 4) is 11.5 Å². The van der Waals surface area contributed by atoms with E-state index in [1.54, 1.807) is 14.0 Å². The molecule has 1 aliphatic rings. The van der Waals surface area contributed by atoms with Crippen molar-refractivity contribution >= 4 is 23.3 Å². The Labute approximate surface area is 153 Å². The van der Waals surface area contributed by atoms with Crippen molar-refractivity contribution in [2.24, 2.45) is 0 Å². The van der Waals surface area contributed by atoms with E-state index in [1.807, 2.05) is 32.0 Å². The van der Waals surface area contributed by atoms with E-state index >= 15 is 0 Å². The molecule has 0 radical (unpaired) electrons. The lowest BCUT2D eigenvalue weighted by atomic mass is 9.95. The van der Waals surface area contributed by atoms with Crippen molar-refractivity contribution in [1.29, 1.82) is 0 Å². The molecule has 1 aromatic rings. The third-order valence-electron chi connectivity index (χ3n) is 3.75. The first-order valence-electron chi connectivity index (χ1n) is 8.27. The van der Waals surface area contributed by atoms with Crippen molar-refractivity contribution in [3.05, 3.63) is 35.0 Å². The van der Waals surface area contributed by atoms with E-state index in [9.17, 15) is 4.79 Å². The molecule has 0 bridgehead atoms. The third kappa shape index (κ3) is 4.42. The summed E-state index contributed by atoms with van der Waals surface area (Å²) in [5.74, 6) is 0.902. The van der Waals surface area contributed by atoms with Crippen molar-refractivity contribution in [2.75, 3.05) is 20.3 Å². The zero-order valence-electron chi connectivity index (χ0n) is 15.0. The molecule has 25 heavy (non-hydrogen) atoms. The van der Waals surface area contributed by atoms with Crippen LogP contribution < -0.4 is 20.1 Å². The Morgan fingerprint density at radius 3 is 2.68 bits per heavy atom. The van der Waals surface area contributed by atoms with Gasteiger partial charge in [0.25, 0.3) is 0 Å². The summed E-state index contributed by atoms with van der Waals surface area (Å²) in [5.41, 5.74) is 2.02. The highest BCUT2D eigenvalue weighted by atomic mass is 32.1. The summed E-state index contributed by atoms with van der Waals surface area (Å²) in [5, 5.41) is 6.57.